The molecule has 0 saturated heterocycles. The first-order valence-corrected chi connectivity index (χ1v) is 6.27. The van der Waals surface area contributed by atoms with Gasteiger partial charge in [-0.05, 0) is 42.7 Å². The highest BCUT2D eigenvalue weighted by Gasteiger charge is 2.02. The molecule has 96 valence electrons. The van der Waals surface area contributed by atoms with E-state index in [-0.39, 0.29) is 5.91 Å². The molecule has 2 rings (SSSR count). The maximum absolute atomic E-state index is 11.9. The third-order valence-electron chi connectivity index (χ3n) is 3.09. The van der Waals surface area contributed by atoms with Crippen LogP contribution < -0.4 is 5.32 Å². The van der Waals surface area contributed by atoms with Crippen molar-refractivity contribution >= 4 is 17.7 Å². The molecular weight excluding hydrogens is 234 g/mol. The molecule has 1 N–H and O–H groups in total. The predicted octanol–water partition coefficient (Wildman–Crippen LogP) is 3.96. The molecule has 0 bridgehead atoms. The standard InChI is InChI=1S/C17H17NO/c1-13-7-6-10-16(14(13)2)18-17(19)12-11-15-8-4-3-5-9-15/h3-12H,1-2H3,(H,18,19)/b12-11-. The van der Waals surface area contributed by atoms with Gasteiger partial charge in [-0.25, -0.2) is 0 Å². The number of carbonyl (C=O) groups excluding carboxylic acids is 1. The summed E-state index contributed by atoms with van der Waals surface area (Å²) in [4.78, 5) is 11.9. The molecule has 19 heavy (non-hydrogen) atoms. The van der Waals surface area contributed by atoms with Crippen molar-refractivity contribution < 1.29 is 4.79 Å². The molecule has 0 aliphatic heterocycles. The summed E-state index contributed by atoms with van der Waals surface area (Å²) in [7, 11) is 0. The molecule has 0 unspecified atom stereocenters. The largest absolute Gasteiger partial charge is 0.322 e. The zero-order chi connectivity index (χ0) is 13.7. The number of hydrogen-bond donors (Lipinski definition) is 1. The van der Waals surface area contributed by atoms with Crippen molar-refractivity contribution in [1.29, 1.82) is 0 Å². The average Bonchev–Trinajstić information content (AvgIpc) is 2.43. The molecule has 0 spiro atoms. The van der Waals surface area contributed by atoms with E-state index in [4.69, 9.17) is 0 Å². The minimum atomic E-state index is -0.113. The van der Waals surface area contributed by atoms with Crippen molar-refractivity contribution in [3.63, 3.8) is 0 Å². The van der Waals surface area contributed by atoms with Crippen LogP contribution in [-0.2, 0) is 4.79 Å². The molecule has 2 nitrogen and oxygen atoms in total. The smallest absolute Gasteiger partial charge is 0.248 e. The second-order valence-corrected chi connectivity index (χ2v) is 4.48. The number of aryl methyl sites for hydroxylation is 1. The fourth-order valence-electron chi connectivity index (χ4n) is 1.80. The topological polar surface area (TPSA) is 29.1 Å². The van der Waals surface area contributed by atoms with Crippen molar-refractivity contribution in [2.75, 3.05) is 5.32 Å². The van der Waals surface area contributed by atoms with Crippen LogP contribution in [0.3, 0.4) is 0 Å². The molecule has 0 heterocycles. The van der Waals surface area contributed by atoms with Crippen LogP contribution in [0.2, 0.25) is 0 Å². The van der Waals surface area contributed by atoms with E-state index in [1.54, 1.807) is 12.2 Å². The second-order valence-electron chi connectivity index (χ2n) is 4.48. The van der Waals surface area contributed by atoms with E-state index >= 15 is 0 Å². The van der Waals surface area contributed by atoms with Crippen LogP contribution in [0.25, 0.3) is 6.08 Å². The van der Waals surface area contributed by atoms with E-state index in [0.717, 1.165) is 16.8 Å². The lowest BCUT2D eigenvalue weighted by Crippen LogP contribution is -2.09. The summed E-state index contributed by atoms with van der Waals surface area (Å²) in [5, 5.41) is 2.90. The van der Waals surface area contributed by atoms with Crippen LogP contribution in [0.1, 0.15) is 16.7 Å². The van der Waals surface area contributed by atoms with Crippen molar-refractivity contribution in [2.24, 2.45) is 0 Å². The van der Waals surface area contributed by atoms with E-state index in [9.17, 15) is 4.79 Å². The van der Waals surface area contributed by atoms with Gasteiger partial charge in [-0.3, -0.25) is 4.79 Å². The fraction of sp³-hybridized carbons (Fsp3) is 0.118. The normalized spacial score (nSPS) is 10.6. The Kier molecular flexibility index (Phi) is 4.14. The van der Waals surface area contributed by atoms with Crippen LogP contribution in [-0.4, -0.2) is 5.91 Å². The second kappa shape index (κ2) is 6.01. The van der Waals surface area contributed by atoms with Gasteiger partial charge in [0.15, 0.2) is 0 Å². The Labute approximate surface area is 113 Å². The highest BCUT2D eigenvalue weighted by Crippen LogP contribution is 2.17. The molecule has 2 heteroatoms. The summed E-state index contributed by atoms with van der Waals surface area (Å²) in [6.07, 6.45) is 3.36. The first-order chi connectivity index (χ1) is 9.16. The molecule has 1 amide bonds. The maximum atomic E-state index is 11.9. The van der Waals surface area contributed by atoms with Gasteiger partial charge in [-0.1, -0.05) is 42.5 Å². The van der Waals surface area contributed by atoms with E-state index in [0.29, 0.717) is 0 Å². The molecule has 0 fully saturated rings. The number of rotatable bonds is 3. The van der Waals surface area contributed by atoms with Gasteiger partial charge >= 0.3 is 0 Å². The summed E-state index contributed by atoms with van der Waals surface area (Å²) in [6.45, 7) is 4.04. The summed E-state index contributed by atoms with van der Waals surface area (Å²) in [6, 6.07) is 15.7. The quantitative estimate of drug-likeness (QED) is 0.822. The zero-order valence-corrected chi connectivity index (χ0v) is 11.2. The van der Waals surface area contributed by atoms with Gasteiger partial charge in [-0.2, -0.15) is 0 Å². The molecule has 0 aromatic heterocycles. The number of anilines is 1. The molecule has 0 atom stereocenters. The zero-order valence-electron chi connectivity index (χ0n) is 11.2. The van der Waals surface area contributed by atoms with Gasteiger partial charge in [0.2, 0.25) is 5.91 Å². The number of carbonyl (C=O) groups is 1. The number of hydrogen-bond acceptors (Lipinski definition) is 1. The lowest BCUT2D eigenvalue weighted by molar-refractivity contribution is -0.111. The third kappa shape index (κ3) is 3.55. The Bertz CT molecular complexity index is 600. The minimum absolute atomic E-state index is 0.113. The fourth-order valence-corrected chi connectivity index (χ4v) is 1.80. The first kappa shape index (κ1) is 13.1. The summed E-state index contributed by atoms with van der Waals surface area (Å²) >= 11 is 0. The van der Waals surface area contributed by atoms with Gasteiger partial charge in [0, 0.05) is 11.8 Å². The van der Waals surface area contributed by atoms with Gasteiger partial charge in [0.1, 0.15) is 0 Å². The van der Waals surface area contributed by atoms with Crippen molar-refractivity contribution in [1.82, 2.24) is 0 Å². The Morgan fingerprint density at radius 2 is 1.74 bits per heavy atom. The summed E-state index contributed by atoms with van der Waals surface area (Å²) in [5.74, 6) is -0.113. The SMILES string of the molecule is Cc1cccc(NC(=O)/C=C\c2ccccc2)c1C. The Hall–Kier alpha value is -2.35. The van der Waals surface area contributed by atoms with Gasteiger partial charge in [-0.15, -0.1) is 0 Å². The molecule has 0 saturated carbocycles. The van der Waals surface area contributed by atoms with Gasteiger partial charge in [0.05, 0.1) is 0 Å². The monoisotopic (exact) mass is 251 g/mol. The molecular formula is C17H17NO. The van der Waals surface area contributed by atoms with E-state index < -0.39 is 0 Å². The maximum Gasteiger partial charge on any atom is 0.248 e. The van der Waals surface area contributed by atoms with E-state index in [1.807, 2.05) is 62.4 Å². The number of nitrogens with one attached hydrogen (secondary N) is 1. The predicted molar refractivity (Wildman–Crippen MR) is 80.0 cm³/mol. The first-order valence-electron chi connectivity index (χ1n) is 6.27. The van der Waals surface area contributed by atoms with Crippen LogP contribution >= 0.6 is 0 Å². The van der Waals surface area contributed by atoms with E-state index in [1.165, 1.54) is 5.56 Å². The highest BCUT2D eigenvalue weighted by molar-refractivity contribution is 6.02. The average molecular weight is 251 g/mol. The van der Waals surface area contributed by atoms with Crippen LogP contribution in [0, 0.1) is 13.8 Å². The van der Waals surface area contributed by atoms with E-state index in [2.05, 4.69) is 5.32 Å². The van der Waals surface area contributed by atoms with Crippen LogP contribution in [0.15, 0.2) is 54.6 Å². The Balaban J connectivity index is 2.06. The molecule has 0 aliphatic rings. The van der Waals surface area contributed by atoms with Crippen LogP contribution in [0.5, 0.6) is 0 Å². The van der Waals surface area contributed by atoms with Crippen molar-refractivity contribution in [3.8, 4) is 0 Å². The molecule has 2 aromatic carbocycles. The number of benzene rings is 2. The lowest BCUT2D eigenvalue weighted by Gasteiger charge is -2.08. The Morgan fingerprint density at radius 1 is 1.00 bits per heavy atom. The van der Waals surface area contributed by atoms with Crippen LogP contribution in [0.4, 0.5) is 5.69 Å². The molecule has 0 aliphatic carbocycles. The summed E-state index contributed by atoms with van der Waals surface area (Å²) < 4.78 is 0. The Morgan fingerprint density at radius 3 is 2.47 bits per heavy atom. The van der Waals surface area contributed by atoms with Gasteiger partial charge in [0.25, 0.3) is 0 Å². The number of amides is 1. The minimum Gasteiger partial charge on any atom is -0.322 e. The third-order valence-corrected chi connectivity index (χ3v) is 3.09. The molecule has 2 aromatic rings. The lowest BCUT2D eigenvalue weighted by atomic mass is 10.1. The summed E-state index contributed by atoms with van der Waals surface area (Å²) in [5.41, 5.74) is 4.15. The molecule has 0 radical (unpaired) electrons. The van der Waals surface area contributed by atoms with Crippen molar-refractivity contribution in [3.05, 3.63) is 71.3 Å². The highest BCUT2D eigenvalue weighted by atomic mass is 16.1. The van der Waals surface area contributed by atoms with Crippen molar-refractivity contribution in [2.45, 2.75) is 13.8 Å². The van der Waals surface area contributed by atoms with Gasteiger partial charge < -0.3 is 5.32 Å².